The van der Waals surface area contributed by atoms with Gasteiger partial charge < -0.3 is 4.90 Å². The number of anilines is 1. The van der Waals surface area contributed by atoms with Crippen molar-refractivity contribution >= 4 is 37.9 Å². The number of piperidine rings is 1. The molecule has 9 heteroatoms. The molecule has 1 aromatic heterocycles. The summed E-state index contributed by atoms with van der Waals surface area (Å²) in [5.41, 5.74) is 1.42. The van der Waals surface area contributed by atoms with Crippen molar-refractivity contribution in [1.82, 2.24) is 4.98 Å². The van der Waals surface area contributed by atoms with E-state index < -0.39 is 26.7 Å². The Hall–Kier alpha value is -2.03. The number of sulfone groups is 1. The highest BCUT2D eigenvalue weighted by Gasteiger charge is 2.32. The number of aromatic nitrogens is 1. The molecule has 0 amide bonds. The van der Waals surface area contributed by atoms with E-state index in [1.165, 1.54) is 23.5 Å². The molecule has 0 saturated carbocycles. The fraction of sp³-hybridized carbons (Fsp3) is 0.286. The molecule has 0 aliphatic carbocycles. The molecule has 1 fully saturated rings. The summed E-state index contributed by atoms with van der Waals surface area (Å²) in [5, 5.41) is 2.66. The lowest BCUT2D eigenvalue weighted by atomic mass is 10.1. The molecule has 0 atom stereocenters. The minimum atomic E-state index is -3.43. The second-order valence-electron chi connectivity index (χ2n) is 7.24. The van der Waals surface area contributed by atoms with E-state index in [-0.39, 0.29) is 4.90 Å². The molecule has 0 N–H and O–H groups in total. The molecule has 0 radical (unpaired) electrons. The number of benzene rings is 2. The van der Waals surface area contributed by atoms with Crippen LogP contribution < -0.4 is 4.90 Å². The van der Waals surface area contributed by atoms with Gasteiger partial charge in [0.1, 0.15) is 0 Å². The zero-order valence-electron chi connectivity index (χ0n) is 15.9. The fourth-order valence-electron chi connectivity index (χ4n) is 3.58. The van der Waals surface area contributed by atoms with Crippen LogP contribution in [0.15, 0.2) is 52.7 Å². The lowest BCUT2D eigenvalue weighted by Crippen LogP contribution is -2.39. The van der Waals surface area contributed by atoms with Crippen LogP contribution in [0, 0.1) is 11.6 Å². The average molecular weight is 469 g/mol. The molecule has 0 unspecified atom stereocenters. The van der Waals surface area contributed by atoms with Crippen LogP contribution >= 0.6 is 22.9 Å². The Morgan fingerprint density at radius 2 is 1.87 bits per heavy atom. The summed E-state index contributed by atoms with van der Waals surface area (Å²) < 4.78 is 52.3. The van der Waals surface area contributed by atoms with Crippen LogP contribution in [0.25, 0.3) is 0 Å². The fourth-order valence-corrected chi connectivity index (χ4v) is 6.49. The van der Waals surface area contributed by atoms with Crippen molar-refractivity contribution in [3.8, 4) is 0 Å². The van der Waals surface area contributed by atoms with E-state index in [1.807, 2.05) is 5.38 Å². The van der Waals surface area contributed by atoms with Crippen LogP contribution in [0.2, 0.25) is 5.02 Å². The first-order chi connectivity index (χ1) is 14.3. The molecule has 1 saturated heterocycles. The SMILES string of the molecule is O=S(=O)(c1cccc(Cl)c1)C1CCN(c2nc(Cc3ccc(F)c(F)c3)cs2)CC1. The molecule has 3 aromatic rings. The Morgan fingerprint density at radius 3 is 2.57 bits per heavy atom. The lowest BCUT2D eigenvalue weighted by Gasteiger charge is -2.31. The van der Waals surface area contributed by atoms with Crippen molar-refractivity contribution in [2.24, 2.45) is 0 Å². The summed E-state index contributed by atoms with van der Waals surface area (Å²) in [6.45, 7) is 1.17. The average Bonchev–Trinajstić information content (AvgIpc) is 3.19. The maximum absolute atomic E-state index is 13.4. The van der Waals surface area contributed by atoms with E-state index in [4.69, 9.17) is 11.6 Å². The van der Waals surface area contributed by atoms with Gasteiger partial charge in [-0.3, -0.25) is 0 Å². The van der Waals surface area contributed by atoms with Gasteiger partial charge in [-0.1, -0.05) is 23.7 Å². The summed E-state index contributed by atoms with van der Waals surface area (Å²) in [6.07, 6.45) is 1.42. The molecule has 2 heterocycles. The Morgan fingerprint density at radius 1 is 1.10 bits per heavy atom. The molecule has 4 nitrogen and oxygen atoms in total. The number of halogens is 3. The van der Waals surface area contributed by atoms with Crippen LogP contribution in [0.3, 0.4) is 0 Å². The quantitative estimate of drug-likeness (QED) is 0.522. The molecule has 0 bridgehead atoms. The molecule has 4 rings (SSSR count). The van der Waals surface area contributed by atoms with Gasteiger partial charge in [-0.25, -0.2) is 22.2 Å². The van der Waals surface area contributed by atoms with Crippen LogP contribution in [0.5, 0.6) is 0 Å². The van der Waals surface area contributed by atoms with Gasteiger partial charge in [-0.2, -0.15) is 0 Å². The van der Waals surface area contributed by atoms with E-state index in [1.54, 1.807) is 24.3 Å². The van der Waals surface area contributed by atoms with Gasteiger partial charge >= 0.3 is 0 Å². The number of nitrogens with zero attached hydrogens (tertiary/aromatic N) is 2. The Bertz CT molecular complexity index is 1160. The molecule has 158 valence electrons. The summed E-state index contributed by atoms with van der Waals surface area (Å²) in [4.78, 5) is 6.93. The Kier molecular flexibility index (Phi) is 6.09. The van der Waals surface area contributed by atoms with E-state index in [0.29, 0.717) is 42.9 Å². The maximum atomic E-state index is 13.4. The van der Waals surface area contributed by atoms with Gasteiger partial charge in [0, 0.05) is 29.9 Å². The number of hydrogen-bond donors (Lipinski definition) is 0. The zero-order valence-corrected chi connectivity index (χ0v) is 18.3. The minimum absolute atomic E-state index is 0.261. The van der Waals surface area contributed by atoms with E-state index >= 15 is 0 Å². The smallest absolute Gasteiger partial charge is 0.185 e. The highest BCUT2D eigenvalue weighted by Crippen LogP contribution is 2.30. The van der Waals surface area contributed by atoms with Crippen molar-refractivity contribution in [1.29, 1.82) is 0 Å². The highest BCUT2D eigenvalue weighted by atomic mass is 35.5. The first-order valence-electron chi connectivity index (χ1n) is 9.45. The van der Waals surface area contributed by atoms with Gasteiger partial charge in [-0.05, 0) is 48.7 Å². The number of rotatable bonds is 5. The standard InChI is InChI=1S/C21H19ClF2N2O2S2/c22-15-2-1-3-18(12-15)30(27,28)17-6-8-26(9-7-17)21-25-16(13-29-21)10-14-4-5-19(23)20(24)11-14/h1-5,11-13,17H,6-10H2. The molecule has 0 spiro atoms. The number of thiazole rings is 1. The molecule has 1 aliphatic heterocycles. The largest absolute Gasteiger partial charge is 0.348 e. The van der Waals surface area contributed by atoms with Gasteiger partial charge in [0.15, 0.2) is 26.6 Å². The molecular weight excluding hydrogens is 450 g/mol. The molecular formula is C21H19ClF2N2O2S2. The Balaban J connectivity index is 1.40. The van der Waals surface area contributed by atoms with Crippen molar-refractivity contribution in [3.05, 3.63) is 75.8 Å². The number of hydrogen-bond acceptors (Lipinski definition) is 5. The predicted octanol–water partition coefficient (Wildman–Crippen LogP) is 5.11. The van der Waals surface area contributed by atoms with Crippen LogP contribution in [0.4, 0.5) is 13.9 Å². The van der Waals surface area contributed by atoms with E-state index in [2.05, 4.69) is 9.88 Å². The summed E-state index contributed by atoms with van der Waals surface area (Å²) in [5.74, 6) is -1.74. The second-order valence-corrected chi connectivity index (χ2v) is 10.7. The van der Waals surface area contributed by atoms with E-state index in [0.717, 1.165) is 16.9 Å². The third kappa shape index (κ3) is 4.50. The Labute approximate surface area is 183 Å². The third-order valence-electron chi connectivity index (χ3n) is 5.18. The van der Waals surface area contributed by atoms with Crippen molar-refractivity contribution in [3.63, 3.8) is 0 Å². The molecule has 2 aromatic carbocycles. The minimum Gasteiger partial charge on any atom is -0.348 e. The zero-order chi connectivity index (χ0) is 21.3. The predicted molar refractivity (Wildman–Crippen MR) is 115 cm³/mol. The topological polar surface area (TPSA) is 50.3 Å². The maximum Gasteiger partial charge on any atom is 0.185 e. The van der Waals surface area contributed by atoms with Crippen LogP contribution in [-0.2, 0) is 16.3 Å². The van der Waals surface area contributed by atoms with Crippen molar-refractivity contribution in [2.45, 2.75) is 29.4 Å². The van der Waals surface area contributed by atoms with Crippen molar-refractivity contribution < 1.29 is 17.2 Å². The first kappa shape index (κ1) is 21.2. The van der Waals surface area contributed by atoms with Crippen molar-refractivity contribution in [2.75, 3.05) is 18.0 Å². The van der Waals surface area contributed by atoms with Crippen LogP contribution in [-0.4, -0.2) is 31.7 Å². The molecule has 1 aliphatic rings. The van der Waals surface area contributed by atoms with E-state index in [9.17, 15) is 17.2 Å². The molecule has 30 heavy (non-hydrogen) atoms. The van der Waals surface area contributed by atoms with Gasteiger partial charge in [0.2, 0.25) is 0 Å². The normalized spacial score (nSPS) is 15.5. The monoisotopic (exact) mass is 468 g/mol. The lowest BCUT2D eigenvalue weighted by molar-refractivity contribution is 0.507. The highest BCUT2D eigenvalue weighted by molar-refractivity contribution is 7.92. The van der Waals surface area contributed by atoms with Crippen LogP contribution in [0.1, 0.15) is 24.1 Å². The third-order valence-corrected chi connectivity index (χ3v) is 8.63. The summed E-state index contributed by atoms with van der Waals surface area (Å²) in [7, 11) is -3.43. The van der Waals surface area contributed by atoms with Gasteiger partial charge in [0.25, 0.3) is 0 Å². The first-order valence-corrected chi connectivity index (χ1v) is 12.3. The summed E-state index contributed by atoms with van der Waals surface area (Å²) in [6, 6.07) is 10.2. The second kappa shape index (κ2) is 8.61. The van der Waals surface area contributed by atoms with Gasteiger partial charge in [0.05, 0.1) is 15.8 Å². The van der Waals surface area contributed by atoms with Gasteiger partial charge in [-0.15, -0.1) is 11.3 Å². The summed E-state index contributed by atoms with van der Waals surface area (Å²) >= 11 is 7.42.